The Morgan fingerprint density at radius 1 is 1.36 bits per heavy atom. The Kier molecular flexibility index (Phi) is 4.13. The normalized spacial score (nSPS) is 13.9. The van der Waals surface area contributed by atoms with Crippen LogP contribution in [0.4, 0.5) is 0 Å². The molecule has 1 aliphatic carbocycles. The number of nitrogens with zero attached hydrogens (tertiary/aromatic N) is 2. The molecule has 0 aliphatic heterocycles. The minimum atomic E-state index is -0.114. The number of carbonyl (C=O) groups is 1. The van der Waals surface area contributed by atoms with E-state index in [2.05, 4.69) is 16.5 Å². The molecule has 1 aromatic carbocycles. The lowest BCUT2D eigenvalue weighted by Crippen LogP contribution is -2.26. The Morgan fingerprint density at radius 2 is 2.18 bits per heavy atom. The molecule has 1 aromatic heterocycles. The highest BCUT2D eigenvalue weighted by Gasteiger charge is 2.22. The molecule has 1 aliphatic rings. The molecule has 22 heavy (non-hydrogen) atoms. The average Bonchev–Trinajstić information content (AvgIpc) is 3.22. The zero-order valence-corrected chi connectivity index (χ0v) is 13.0. The highest BCUT2D eigenvalue weighted by molar-refractivity contribution is 5.92. The minimum absolute atomic E-state index is 0.114. The maximum absolute atomic E-state index is 11.9. The van der Waals surface area contributed by atoms with E-state index in [1.807, 2.05) is 26.0 Å². The van der Waals surface area contributed by atoms with Crippen LogP contribution >= 0.6 is 0 Å². The number of amides is 1. The fraction of sp³-hybridized carbons (Fsp3) is 0.412. The number of hydrogen-bond donors (Lipinski definition) is 1. The Hall–Kier alpha value is -2.30. The SMILES string of the molecule is Cc1ccc(C)c(OCn2ccc(C(=O)NCC3CC3)n2)c1. The molecule has 116 valence electrons. The molecule has 1 heterocycles. The van der Waals surface area contributed by atoms with Crippen molar-refractivity contribution < 1.29 is 9.53 Å². The fourth-order valence-electron chi connectivity index (χ4n) is 2.20. The molecule has 0 bridgehead atoms. The second-order valence-corrected chi connectivity index (χ2v) is 5.94. The van der Waals surface area contributed by atoms with E-state index >= 15 is 0 Å². The van der Waals surface area contributed by atoms with E-state index in [0.29, 0.717) is 18.3 Å². The van der Waals surface area contributed by atoms with Gasteiger partial charge in [-0.1, -0.05) is 12.1 Å². The van der Waals surface area contributed by atoms with Gasteiger partial charge in [-0.05, 0) is 55.9 Å². The smallest absolute Gasteiger partial charge is 0.271 e. The number of rotatable bonds is 6. The van der Waals surface area contributed by atoms with Gasteiger partial charge >= 0.3 is 0 Å². The van der Waals surface area contributed by atoms with Crippen LogP contribution in [0.2, 0.25) is 0 Å². The summed E-state index contributed by atoms with van der Waals surface area (Å²) in [6.07, 6.45) is 4.20. The Bertz CT molecular complexity index is 674. The van der Waals surface area contributed by atoms with Crippen LogP contribution in [0.1, 0.15) is 34.5 Å². The highest BCUT2D eigenvalue weighted by Crippen LogP contribution is 2.27. The number of nitrogens with one attached hydrogen (secondary N) is 1. The lowest BCUT2D eigenvalue weighted by molar-refractivity contribution is 0.0944. The van der Waals surface area contributed by atoms with Crippen molar-refractivity contribution in [2.24, 2.45) is 5.92 Å². The summed E-state index contributed by atoms with van der Waals surface area (Å²) < 4.78 is 7.41. The average molecular weight is 299 g/mol. The van der Waals surface area contributed by atoms with Crippen molar-refractivity contribution in [1.82, 2.24) is 15.1 Å². The van der Waals surface area contributed by atoms with Gasteiger partial charge in [0.15, 0.2) is 6.73 Å². The summed E-state index contributed by atoms with van der Waals surface area (Å²) in [5, 5.41) is 7.16. The fourth-order valence-corrected chi connectivity index (χ4v) is 2.20. The maximum Gasteiger partial charge on any atom is 0.271 e. The number of ether oxygens (including phenoxy) is 1. The summed E-state index contributed by atoms with van der Waals surface area (Å²) in [7, 11) is 0. The number of benzene rings is 1. The highest BCUT2D eigenvalue weighted by atomic mass is 16.5. The van der Waals surface area contributed by atoms with Crippen molar-refractivity contribution in [3.8, 4) is 5.75 Å². The number of carbonyl (C=O) groups excluding carboxylic acids is 1. The van der Waals surface area contributed by atoms with Gasteiger partial charge in [-0.25, -0.2) is 4.68 Å². The van der Waals surface area contributed by atoms with E-state index < -0.39 is 0 Å². The van der Waals surface area contributed by atoms with Crippen LogP contribution in [0.5, 0.6) is 5.75 Å². The third-order valence-electron chi connectivity index (χ3n) is 3.82. The van der Waals surface area contributed by atoms with Crippen LogP contribution in [0.25, 0.3) is 0 Å². The quantitative estimate of drug-likeness (QED) is 0.892. The first-order valence-corrected chi connectivity index (χ1v) is 7.63. The summed E-state index contributed by atoms with van der Waals surface area (Å²) >= 11 is 0. The number of hydrogen-bond acceptors (Lipinski definition) is 3. The number of aromatic nitrogens is 2. The molecule has 1 amide bonds. The molecule has 1 fully saturated rings. The van der Waals surface area contributed by atoms with Crippen LogP contribution in [-0.4, -0.2) is 22.2 Å². The monoisotopic (exact) mass is 299 g/mol. The van der Waals surface area contributed by atoms with Crippen molar-refractivity contribution in [2.75, 3.05) is 6.54 Å². The molecule has 2 aromatic rings. The molecular formula is C17H21N3O2. The molecule has 1 N–H and O–H groups in total. The minimum Gasteiger partial charge on any atom is -0.471 e. The Balaban J connectivity index is 1.56. The molecule has 0 radical (unpaired) electrons. The lowest BCUT2D eigenvalue weighted by Gasteiger charge is -2.09. The molecule has 1 saturated carbocycles. The zero-order valence-electron chi connectivity index (χ0n) is 13.0. The third-order valence-corrected chi connectivity index (χ3v) is 3.82. The van der Waals surface area contributed by atoms with E-state index in [4.69, 9.17) is 4.74 Å². The van der Waals surface area contributed by atoms with Crippen LogP contribution < -0.4 is 10.1 Å². The standard InChI is InChI=1S/C17H21N3O2/c1-12-3-4-13(2)16(9-12)22-11-20-8-7-15(19-20)17(21)18-10-14-5-6-14/h3-4,7-9,14H,5-6,10-11H2,1-2H3,(H,18,21). The van der Waals surface area contributed by atoms with Crippen molar-refractivity contribution in [3.63, 3.8) is 0 Å². The van der Waals surface area contributed by atoms with Crippen molar-refractivity contribution in [2.45, 2.75) is 33.4 Å². The maximum atomic E-state index is 11.9. The van der Waals surface area contributed by atoms with Gasteiger partial charge in [-0.3, -0.25) is 4.79 Å². The molecule has 0 saturated heterocycles. The predicted molar refractivity (Wildman–Crippen MR) is 83.8 cm³/mol. The van der Waals surface area contributed by atoms with Crippen molar-refractivity contribution in [1.29, 1.82) is 0 Å². The lowest BCUT2D eigenvalue weighted by atomic mass is 10.1. The van der Waals surface area contributed by atoms with Crippen LogP contribution in [0.15, 0.2) is 30.5 Å². The molecule has 0 atom stereocenters. The summed E-state index contributed by atoms with van der Waals surface area (Å²) in [6, 6.07) is 7.81. The molecule has 5 heteroatoms. The van der Waals surface area contributed by atoms with E-state index in [1.165, 1.54) is 12.8 Å². The molecule has 5 nitrogen and oxygen atoms in total. The first kappa shape index (κ1) is 14.6. The Morgan fingerprint density at radius 3 is 2.95 bits per heavy atom. The topological polar surface area (TPSA) is 56.1 Å². The Labute approximate surface area is 130 Å². The van der Waals surface area contributed by atoms with E-state index in [9.17, 15) is 4.79 Å². The van der Waals surface area contributed by atoms with Gasteiger partial charge in [0.05, 0.1) is 0 Å². The van der Waals surface area contributed by atoms with E-state index in [-0.39, 0.29) is 5.91 Å². The van der Waals surface area contributed by atoms with Gasteiger partial charge in [0.2, 0.25) is 0 Å². The molecule has 0 spiro atoms. The predicted octanol–water partition coefficient (Wildman–Crippen LogP) is 2.68. The van der Waals surface area contributed by atoms with E-state index in [1.54, 1.807) is 16.9 Å². The zero-order chi connectivity index (χ0) is 15.5. The van der Waals surface area contributed by atoms with Crippen LogP contribution in [-0.2, 0) is 6.73 Å². The van der Waals surface area contributed by atoms with Gasteiger partial charge in [-0.2, -0.15) is 5.10 Å². The van der Waals surface area contributed by atoms with Crippen LogP contribution in [0, 0.1) is 19.8 Å². The van der Waals surface area contributed by atoms with Crippen molar-refractivity contribution in [3.05, 3.63) is 47.3 Å². The third kappa shape index (κ3) is 3.67. The first-order valence-electron chi connectivity index (χ1n) is 7.63. The summed E-state index contributed by atoms with van der Waals surface area (Å²) in [5.74, 6) is 1.39. The largest absolute Gasteiger partial charge is 0.471 e. The summed E-state index contributed by atoms with van der Waals surface area (Å²) in [4.78, 5) is 11.9. The summed E-state index contributed by atoms with van der Waals surface area (Å²) in [5.41, 5.74) is 2.67. The van der Waals surface area contributed by atoms with Gasteiger partial charge in [0, 0.05) is 12.7 Å². The van der Waals surface area contributed by atoms with Gasteiger partial charge in [-0.15, -0.1) is 0 Å². The van der Waals surface area contributed by atoms with Crippen LogP contribution in [0.3, 0.4) is 0 Å². The van der Waals surface area contributed by atoms with Crippen molar-refractivity contribution >= 4 is 5.91 Å². The summed E-state index contributed by atoms with van der Waals surface area (Å²) in [6.45, 7) is 5.09. The van der Waals surface area contributed by atoms with Gasteiger partial charge < -0.3 is 10.1 Å². The van der Waals surface area contributed by atoms with Gasteiger partial charge in [0.1, 0.15) is 11.4 Å². The molecule has 3 rings (SSSR count). The second-order valence-electron chi connectivity index (χ2n) is 5.94. The number of aryl methyl sites for hydroxylation is 2. The second kappa shape index (κ2) is 6.22. The molecule has 0 unspecified atom stereocenters. The van der Waals surface area contributed by atoms with E-state index in [0.717, 1.165) is 23.4 Å². The van der Waals surface area contributed by atoms with Gasteiger partial charge in [0.25, 0.3) is 5.91 Å². The first-order chi connectivity index (χ1) is 10.6. The molecular weight excluding hydrogens is 278 g/mol.